The third-order valence-corrected chi connectivity index (χ3v) is 6.39. The standard InChI is InChI=1S/C26H32N2O5/c1-16(2)17(3)14-28(4)25(31)23(13-24(29)30)27-26(32)33-15-22-20-11-7-5-9-18(20)19-10-6-8-12-21(19)22/h5-12,16-17,22-23H,13-15H2,1-4H3,(H,27,32)(H,29,30). The Morgan fingerprint density at radius 1 is 1.00 bits per heavy atom. The maximum absolute atomic E-state index is 12.9. The summed E-state index contributed by atoms with van der Waals surface area (Å²) in [5.41, 5.74) is 4.38. The second-order valence-electron chi connectivity index (χ2n) is 9.06. The molecule has 0 saturated carbocycles. The van der Waals surface area contributed by atoms with Gasteiger partial charge in [-0.05, 0) is 34.1 Å². The topological polar surface area (TPSA) is 95.9 Å². The molecule has 0 fully saturated rings. The lowest BCUT2D eigenvalue weighted by Gasteiger charge is -2.27. The number of rotatable bonds is 9. The number of fused-ring (bicyclic) bond motifs is 3. The number of carboxylic acids is 1. The van der Waals surface area contributed by atoms with Crippen LogP contribution in [-0.4, -0.2) is 54.2 Å². The number of alkyl carbamates (subject to hydrolysis) is 1. The number of hydrogen-bond donors (Lipinski definition) is 2. The van der Waals surface area contributed by atoms with Crippen molar-refractivity contribution in [2.45, 2.75) is 39.2 Å². The predicted octanol–water partition coefficient (Wildman–Crippen LogP) is 4.12. The number of amides is 2. The van der Waals surface area contributed by atoms with E-state index in [1.165, 1.54) is 4.90 Å². The van der Waals surface area contributed by atoms with Crippen LogP contribution in [0, 0.1) is 11.8 Å². The van der Waals surface area contributed by atoms with E-state index in [1.807, 2.05) is 55.5 Å². The number of nitrogens with zero attached hydrogens (tertiary/aromatic N) is 1. The fourth-order valence-electron chi connectivity index (χ4n) is 4.16. The molecule has 0 bridgehead atoms. The molecule has 0 radical (unpaired) electrons. The van der Waals surface area contributed by atoms with Crippen LogP contribution in [0.15, 0.2) is 48.5 Å². The molecule has 2 N–H and O–H groups in total. The van der Waals surface area contributed by atoms with Crippen molar-refractivity contribution in [3.05, 3.63) is 59.7 Å². The van der Waals surface area contributed by atoms with Crippen LogP contribution in [-0.2, 0) is 14.3 Å². The monoisotopic (exact) mass is 452 g/mol. The van der Waals surface area contributed by atoms with Gasteiger partial charge >= 0.3 is 12.1 Å². The van der Waals surface area contributed by atoms with Gasteiger partial charge in [0.2, 0.25) is 5.91 Å². The molecule has 3 rings (SSSR count). The largest absolute Gasteiger partial charge is 0.481 e. The summed E-state index contributed by atoms with van der Waals surface area (Å²) < 4.78 is 5.49. The van der Waals surface area contributed by atoms with Gasteiger partial charge in [-0.15, -0.1) is 0 Å². The first-order valence-electron chi connectivity index (χ1n) is 11.3. The lowest BCUT2D eigenvalue weighted by atomic mass is 9.97. The molecule has 1 aliphatic rings. The maximum Gasteiger partial charge on any atom is 0.407 e. The van der Waals surface area contributed by atoms with E-state index in [1.54, 1.807) is 7.05 Å². The average Bonchev–Trinajstić information content (AvgIpc) is 3.10. The molecule has 2 unspecified atom stereocenters. The highest BCUT2D eigenvalue weighted by Crippen LogP contribution is 2.44. The molecule has 176 valence electrons. The van der Waals surface area contributed by atoms with E-state index in [4.69, 9.17) is 4.74 Å². The molecule has 2 amide bonds. The minimum absolute atomic E-state index is 0.0913. The molecular formula is C26H32N2O5. The van der Waals surface area contributed by atoms with Crippen LogP contribution < -0.4 is 5.32 Å². The molecular weight excluding hydrogens is 420 g/mol. The minimum atomic E-state index is -1.19. The van der Waals surface area contributed by atoms with Crippen LogP contribution in [0.1, 0.15) is 44.2 Å². The van der Waals surface area contributed by atoms with Crippen molar-refractivity contribution in [3.8, 4) is 11.1 Å². The zero-order valence-electron chi connectivity index (χ0n) is 19.6. The average molecular weight is 453 g/mol. The Balaban J connectivity index is 1.66. The summed E-state index contributed by atoms with van der Waals surface area (Å²) in [7, 11) is 1.62. The number of ether oxygens (including phenoxy) is 1. The van der Waals surface area contributed by atoms with Crippen molar-refractivity contribution >= 4 is 18.0 Å². The first-order chi connectivity index (χ1) is 15.7. The van der Waals surface area contributed by atoms with Crippen LogP contribution in [0.2, 0.25) is 0 Å². The van der Waals surface area contributed by atoms with E-state index in [2.05, 4.69) is 19.2 Å². The Kier molecular flexibility index (Phi) is 7.74. The Morgan fingerprint density at radius 2 is 1.55 bits per heavy atom. The van der Waals surface area contributed by atoms with E-state index in [-0.39, 0.29) is 18.4 Å². The molecule has 0 aromatic heterocycles. The lowest BCUT2D eigenvalue weighted by Crippen LogP contribution is -2.49. The van der Waals surface area contributed by atoms with Crippen LogP contribution in [0.25, 0.3) is 11.1 Å². The van der Waals surface area contributed by atoms with E-state index in [9.17, 15) is 19.5 Å². The van der Waals surface area contributed by atoms with Crippen LogP contribution in [0.4, 0.5) is 4.79 Å². The van der Waals surface area contributed by atoms with Gasteiger partial charge in [0.1, 0.15) is 12.6 Å². The number of carbonyl (C=O) groups excluding carboxylic acids is 2. The van der Waals surface area contributed by atoms with Crippen molar-refractivity contribution in [3.63, 3.8) is 0 Å². The number of likely N-dealkylation sites (N-methyl/N-ethyl adjacent to an activating group) is 1. The first-order valence-corrected chi connectivity index (χ1v) is 11.3. The highest BCUT2D eigenvalue weighted by atomic mass is 16.5. The Morgan fingerprint density at radius 3 is 2.06 bits per heavy atom. The molecule has 7 heteroatoms. The SMILES string of the molecule is CC(C)C(C)CN(C)C(=O)C(CC(=O)O)NC(=O)OCC1c2ccccc2-c2ccccc21. The predicted molar refractivity (Wildman–Crippen MR) is 126 cm³/mol. The highest BCUT2D eigenvalue weighted by Gasteiger charge is 2.31. The van der Waals surface area contributed by atoms with Gasteiger partial charge in [0.05, 0.1) is 6.42 Å². The van der Waals surface area contributed by atoms with Gasteiger partial charge in [0.25, 0.3) is 0 Å². The molecule has 33 heavy (non-hydrogen) atoms. The van der Waals surface area contributed by atoms with Crippen molar-refractivity contribution in [1.82, 2.24) is 10.2 Å². The number of benzene rings is 2. The molecule has 1 aliphatic carbocycles. The second kappa shape index (κ2) is 10.5. The summed E-state index contributed by atoms with van der Waals surface area (Å²) >= 11 is 0. The molecule has 7 nitrogen and oxygen atoms in total. The fraction of sp³-hybridized carbons (Fsp3) is 0.423. The quantitative estimate of drug-likeness (QED) is 0.597. The van der Waals surface area contributed by atoms with Gasteiger partial charge in [-0.3, -0.25) is 9.59 Å². The van der Waals surface area contributed by atoms with E-state index in [0.29, 0.717) is 12.5 Å². The van der Waals surface area contributed by atoms with Gasteiger partial charge in [-0.25, -0.2) is 4.79 Å². The summed E-state index contributed by atoms with van der Waals surface area (Å²) in [5.74, 6) is -1.13. The molecule has 0 spiro atoms. The summed E-state index contributed by atoms with van der Waals surface area (Å²) in [6.07, 6.45) is -1.31. The Labute approximate surface area is 194 Å². The van der Waals surface area contributed by atoms with E-state index < -0.39 is 30.4 Å². The minimum Gasteiger partial charge on any atom is -0.481 e. The van der Waals surface area contributed by atoms with Crippen LogP contribution in [0.5, 0.6) is 0 Å². The third kappa shape index (κ3) is 5.72. The number of carboxylic acid groups (broad SMARTS) is 1. The van der Waals surface area contributed by atoms with Gasteiger partial charge < -0.3 is 20.1 Å². The summed E-state index contributed by atoms with van der Waals surface area (Å²) in [4.78, 5) is 38.2. The molecule has 2 atom stereocenters. The van der Waals surface area contributed by atoms with Crippen LogP contribution in [0.3, 0.4) is 0 Å². The fourth-order valence-corrected chi connectivity index (χ4v) is 4.16. The van der Waals surface area contributed by atoms with Crippen molar-refractivity contribution in [2.24, 2.45) is 11.8 Å². The van der Waals surface area contributed by atoms with Gasteiger partial charge in [0, 0.05) is 19.5 Å². The van der Waals surface area contributed by atoms with Crippen molar-refractivity contribution in [2.75, 3.05) is 20.2 Å². The highest BCUT2D eigenvalue weighted by molar-refractivity contribution is 5.89. The van der Waals surface area contributed by atoms with Gasteiger partial charge in [0.15, 0.2) is 0 Å². The van der Waals surface area contributed by atoms with Crippen molar-refractivity contribution in [1.29, 1.82) is 0 Å². The number of aliphatic carboxylic acids is 1. The smallest absolute Gasteiger partial charge is 0.407 e. The van der Waals surface area contributed by atoms with E-state index >= 15 is 0 Å². The van der Waals surface area contributed by atoms with Gasteiger partial charge in [-0.1, -0.05) is 69.3 Å². The first kappa shape index (κ1) is 24.3. The lowest BCUT2D eigenvalue weighted by molar-refractivity contribution is -0.142. The summed E-state index contributed by atoms with van der Waals surface area (Å²) in [5, 5.41) is 11.7. The summed E-state index contributed by atoms with van der Waals surface area (Å²) in [6, 6.07) is 14.8. The molecule has 2 aromatic carbocycles. The van der Waals surface area contributed by atoms with E-state index in [0.717, 1.165) is 22.3 Å². The van der Waals surface area contributed by atoms with Crippen molar-refractivity contribution < 1.29 is 24.2 Å². The Hall–Kier alpha value is -3.35. The zero-order valence-corrected chi connectivity index (χ0v) is 19.6. The normalized spacial score (nSPS) is 14.2. The van der Waals surface area contributed by atoms with Crippen LogP contribution >= 0.6 is 0 Å². The number of carbonyl (C=O) groups is 3. The second-order valence-corrected chi connectivity index (χ2v) is 9.06. The molecule has 0 aliphatic heterocycles. The zero-order chi connectivity index (χ0) is 24.1. The number of nitrogens with one attached hydrogen (secondary N) is 1. The number of hydrogen-bond acceptors (Lipinski definition) is 4. The molecule has 0 saturated heterocycles. The Bertz CT molecular complexity index is 974. The third-order valence-electron chi connectivity index (χ3n) is 6.39. The maximum atomic E-state index is 12.9. The summed E-state index contributed by atoms with van der Waals surface area (Å²) in [6.45, 7) is 6.71. The molecule has 0 heterocycles. The van der Waals surface area contributed by atoms with Gasteiger partial charge in [-0.2, -0.15) is 0 Å². The molecule has 2 aromatic rings.